The number of aromatic nitrogens is 1. The SMILES string of the molecule is Nc1ccccn1.[Na]. The van der Waals surface area contributed by atoms with Crippen molar-refractivity contribution in [3.63, 3.8) is 0 Å². The minimum absolute atomic E-state index is 0. The molecule has 0 unspecified atom stereocenters. The topological polar surface area (TPSA) is 38.9 Å². The van der Waals surface area contributed by atoms with Gasteiger partial charge in [-0.05, 0) is 12.1 Å². The summed E-state index contributed by atoms with van der Waals surface area (Å²) < 4.78 is 0. The number of hydrogen-bond donors (Lipinski definition) is 1. The van der Waals surface area contributed by atoms with Crippen molar-refractivity contribution in [2.75, 3.05) is 5.73 Å². The van der Waals surface area contributed by atoms with Crippen molar-refractivity contribution < 1.29 is 0 Å². The number of anilines is 1. The van der Waals surface area contributed by atoms with Gasteiger partial charge in [-0.25, -0.2) is 4.98 Å². The smallest absolute Gasteiger partial charge is 0.123 e. The van der Waals surface area contributed by atoms with E-state index in [0.717, 1.165) is 0 Å². The maximum absolute atomic E-state index is 5.25. The fraction of sp³-hybridized carbons (Fsp3) is 0. The maximum atomic E-state index is 5.25. The zero-order valence-electron chi connectivity index (χ0n) is 4.83. The van der Waals surface area contributed by atoms with Gasteiger partial charge in [0, 0.05) is 35.8 Å². The van der Waals surface area contributed by atoms with E-state index < -0.39 is 0 Å². The Labute approximate surface area is 70.4 Å². The second-order valence-electron chi connectivity index (χ2n) is 1.25. The van der Waals surface area contributed by atoms with E-state index in [0.29, 0.717) is 5.82 Å². The van der Waals surface area contributed by atoms with Gasteiger partial charge in [0.25, 0.3) is 0 Å². The number of hydrogen-bond acceptors (Lipinski definition) is 2. The molecule has 1 aromatic rings. The molecule has 2 nitrogen and oxygen atoms in total. The Hall–Kier alpha value is -0.0500. The number of nitrogens with two attached hydrogens (primary N) is 1. The molecule has 0 aliphatic heterocycles. The predicted molar refractivity (Wildman–Crippen MR) is 34.4 cm³/mol. The van der Waals surface area contributed by atoms with Gasteiger partial charge in [-0.2, -0.15) is 0 Å². The fourth-order valence-corrected chi connectivity index (χ4v) is 0.376. The molecule has 3 heteroatoms. The Morgan fingerprint density at radius 1 is 1.38 bits per heavy atom. The summed E-state index contributed by atoms with van der Waals surface area (Å²) in [5.41, 5.74) is 5.25. The van der Waals surface area contributed by atoms with Crippen LogP contribution in [0.25, 0.3) is 0 Å². The van der Waals surface area contributed by atoms with E-state index in [9.17, 15) is 0 Å². The molecule has 1 heterocycles. The van der Waals surface area contributed by atoms with E-state index in [1.165, 1.54) is 0 Å². The van der Waals surface area contributed by atoms with Crippen LogP contribution in [0.2, 0.25) is 0 Å². The van der Waals surface area contributed by atoms with Crippen LogP contribution >= 0.6 is 0 Å². The standard InChI is InChI=1S/C5H6N2.Na/c6-5-3-1-2-4-7-5;/h1-4H,(H2,6,7);. The summed E-state index contributed by atoms with van der Waals surface area (Å²) in [7, 11) is 0. The monoisotopic (exact) mass is 117 g/mol. The zero-order chi connectivity index (χ0) is 5.11. The summed E-state index contributed by atoms with van der Waals surface area (Å²) in [6, 6.07) is 5.43. The van der Waals surface area contributed by atoms with Crippen molar-refractivity contribution >= 4 is 35.4 Å². The van der Waals surface area contributed by atoms with Crippen molar-refractivity contribution in [3.05, 3.63) is 24.4 Å². The third kappa shape index (κ3) is 2.31. The van der Waals surface area contributed by atoms with Crippen molar-refractivity contribution in [3.8, 4) is 0 Å². The van der Waals surface area contributed by atoms with Crippen molar-refractivity contribution in [2.24, 2.45) is 0 Å². The molecule has 0 saturated carbocycles. The predicted octanol–water partition coefficient (Wildman–Crippen LogP) is 0.283. The molecule has 0 aliphatic carbocycles. The Bertz CT molecular complexity index is 140. The Morgan fingerprint density at radius 2 is 2.12 bits per heavy atom. The largest absolute Gasteiger partial charge is 0.384 e. The third-order valence-electron chi connectivity index (χ3n) is 0.688. The van der Waals surface area contributed by atoms with E-state index in [1.807, 2.05) is 12.1 Å². The molecule has 8 heavy (non-hydrogen) atoms. The molecule has 0 bridgehead atoms. The quantitative estimate of drug-likeness (QED) is 0.496. The van der Waals surface area contributed by atoms with Crippen LogP contribution in [0.4, 0.5) is 5.82 Å². The van der Waals surface area contributed by atoms with Crippen LogP contribution in [0, 0.1) is 0 Å². The van der Waals surface area contributed by atoms with Crippen molar-refractivity contribution in [2.45, 2.75) is 0 Å². The van der Waals surface area contributed by atoms with Gasteiger partial charge in [0.05, 0.1) is 0 Å². The van der Waals surface area contributed by atoms with Crippen molar-refractivity contribution in [1.29, 1.82) is 0 Å². The number of pyridine rings is 1. The third-order valence-corrected chi connectivity index (χ3v) is 0.688. The molecule has 1 radical (unpaired) electrons. The summed E-state index contributed by atoms with van der Waals surface area (Å²) in [4.78, 5) is 3.76. The van der Waals surface area contributed by atoms with Gasteiger partial charge in [0.2, 0.25) is 0 Å². The van der Waals surface area contributed by atoms with Gasteiger partial charge in [0.15, 0.2) is 0 Å². The minimum Gasteiger partial charge on any atom is -0.384 e. The Balaban J connectivity index is 0.000000490. The first-order valence-corrected chi connectivity index (χ1v) is 2.06. The van der Waals surface area contributed by atoms with Crippen LogP contribution in [-0.2, 0) is 0 Å². The van der Waals surface area contributed by atoms with Gasteiger partial charge in [-0.3, -0.25) is 0 Å². The first kappa shape index (κ1) is 7.95. The molecule has 0 aliphatic rings. The van der Waals surface area contributed by atoms with Gasteiger partial charge >= 0.3 is 0 Å². The van der Waals surface area contributed by atoms with Crippen LogP contribution in [-0.4, -0.2) is 34.5 Å². The van der Waals surface area contributed by atoms with Crippen LogP contribution in [0.15, 0.2) is 24.4 Å². The van der Waals surface area contributed by atoms with E-state index in [1.54, 1.807) is 12.3 Å². The summed E-state index contributed by atoms with van der Waals surface area (Å²) in [6.45, 7) is 0. The molecule has 0 aromatic carbocycles. The van der Waals surface area contributed by atoms with E-state index >= 15 is 0 Å². The maximum Gasteiger partial charge on any atom is 0.123 e. The minimum atomic E-state index is 0. The van der Waals surface area contributed by atoms with E-state index in [2.05, 4.69) is 4.98 Å². The van der Waals surface area contributed by atoms with Gasteiger partial charge in [-0.15, -0.1) is 0 Å². The van der Waals surface area contributed by atoms with Gasteiger partial charge in [-0.1, -0.05) is 6.07 Å². The molecule has 1 rings (SSSR count). The Kier molecular flexibility index (Phi) is 3.87. The molecule has 0 spiro atoms. The summed E-state index contributed by atoms with van der Waals surface area (Å²) in [6.07, 6.45) is 1.66. The average Bonchev–Trinajstić information content (AvgIpc) is 1.69. The first-order valence-electron chi connectivity index (χ1n) is 2.06. The number of nitrogens with zero attached hydrogens (tertiary/aromatic N) is 1. The second-order valence-corrected chi connectivity index (χ2v) is 1.25. The normalized spacial score (nSPS) is 7.50. The van der Waals surface area contributed by atoms with Crippen LogP contribution in [0.5, 0.6) is 0 Å². The van der Waals surface area contributed by atoms with Gasteiger partial charge < -0.3 is 5.73 Å². The number of rotatable bonds is 0. The van der Waals surface area contributed by atoms with Crippen LogP contribution in [0.1, 0.15) is 0 Å². The summed E-state index contributed by atoms with van der Waals surface area (Å²) >= 11 is 0. The molecule has 0 saturated heterocycles. The molecular formula is C5H6N2Na. The zero-order valence-corrected chi connectivity index (χ0v) is 6.83. The molecule has 0 atom stereocenters. The number of nitrogen functional groups attached to an aromatic ring is 1. The molecular weight excluding hydrogens is 111 g/mol. The van der Waals surface area contributed by atoms with Gasteiger partial charge in [0.1, 0.15) is 5.82 Å². The molecule has 0 amide bonds. The Morgan fingerprint density at radius 3 is 2.38 bits per heavy atom. The second kappa shape index (κ2) is 3.89. The average molecular weight is 117 g/mol. The summed E-state index contributed by atoms with van der Waals surface area (Å²) in [5.74, 6) is 0.572. The van der Waals surface area contributed by atoms with Crippen molar-refractivity contribution in [1.82, 2.24) is 4.98 Å². The molecule has 1 aromatic heterocycles. The molecule has 0 fully saturated rings. The molecule has 37 valence electrons. The molecule has 2 N–H and O–H groups in total. The fourth-order valence-electron chi connectivity index (χ4n) is 0.376. The van der Waals surface area contributed by atoms with E-state index in [4.69, 9.17) is 5.73 Å². The summed E-state index contributed by atoms with van der Waals surface area (Å²) in [5, 5.41) is 0. The first-order chi connectivity index (χ1) is 3.39. The van der Waals surface area contributed by atoms with Crippen LogP contribution < -0.4 is 5.73 Å². The van der Waals surface area contributed by atoms with E-state index in [-0.39, 0.29) is 29.6 Å². The van der Waals surface area contributed by atoms with Crippen LogP contribution in [0.3, 0.4) is 0 Å².